The van der Waals surface area contributed by atoms with Crippen molar-refractivity contribution >= 4 is 0 Å². The summed E-state index contributed by atoms with van der Waals surface area (Å²) in [6, 6.07) is 5.83. The molecule has 1 aliphatic heterocycles. The van der Waals surface area contributed by atoms with Crippen molar-refractivity contribution in [3.05, 3.63) is 41.8 Å². The highest BCUT2D eigenvalue weighted by molar-refractivity contribution is 5.12. The fourth-order valence-corrected chi connectivity index (χ4v) is 2.24. The molecular weight excluding hydrogens is 228 g/mol. The van der Waals surface area contributed by atoms with Crippen LogP contribution in [-0.4, -0.2) is 28.2 Å². The zero-order chi connectivity index (χ0) is 12.4. The van der Waals surface area contributed by atoms with Gasteiger partial charge in [-0.15, -0.1) is 0 Å². The molecule has 3 rings (SSSR count). The number of rotatable bonds is 3. The van der Waals surface area contributed by atoms with Gasteiger partial charge >= 0.3 is 0 Å². The average Bonchev–Trinajstić information content (AvgIpc) is 3.01. The molecule has 0 radical (unpaired) electrons. The van der Waals surface area contributed by atoms with Crippen molar-refractivity contribution in [2.24, 2.45) is 0 Å². The van der Waals surface area contributed by atoms with Crippen molar-refractivity contribution in [3.63, 3.8) is 0 Å². The lowest BCUT2D eigenvalue weighted by Crippen LogP contribution is -2.25. The first kappa shape index (κ1) is 11.3. The number of nitrogens with one attached hydrogen (secondary N) is 1. The normalized spacial score (nSPS) is 23.4. The summed E-state index contributed by atoms with van der Waals surface area (Å²) in [7, 11) is 0. The molecule has 1 unspecified atom stereocenters. The van der Waals surface area contributed by atoms with Crippen molar-refractivity contribution in [1.82, 2.24) is 20.4 Å². The Morgan fingerprint density at radius 1 is 1.44 bits per heavy atom. The van der Waals surface area contributed by atoms with Crippen LogP contribution in [0.4, 0.5) is 0 Å². The summed E-state index contributed by atoms with van der Waals surface area (Å²) < 4.78 is 5.39. The van der Waals surface area contributed by atoms with Crippen LogP contribution in [0.1, 0.15) is 30.8 Å². The van der Waals surface area contributed by atoms with Gasteiger partial charge in [-0.2, -0.15) is 4.98 Å². The van der Waals surface area contributed by atoms with E-state index in [1.165, 1.54) is 0 Å². The third-order valence-electron chi connectivity index (χ3n) is 3.42. The van der Waals surface area contributed by atoms with E-state index in [1.54, 1.807) is 6.20 Å². The summed E-state index contributed by atoms with van der Waals surface area (Å²) in [6.07, 6.45) is 3.44. The highest BCUT2D eigenvalue weighted by Gasteiger charge is 2.36. The molecule has 0 bridgehead atoms. The molecule has 1 aliphatic rings. The summed E-state index contributed by atoms with van der Waals surface area (Å²) in [4.78, 5) is 8.77. The number of hydrogen-bond acceptors (Lipinski definition) is 5. The van der Waals surface area contributed by atoms with Crippen LogP contribution in [0.2, 0.25) is 0 Å². The number of hydrogen-bond donors (Lipinski definition) is 1. The van der Waals surface area contributed by atoms with Crippen LogP contribution in [0.25, 0.3) is 0 Å². The SMILES string of the molecule is CC1(c2nc(Cc3ccccn3)no2)CCNC1. The molecule has 3 heterocycles. The van der Waals surface area contributed by atoms with Crippen molar-refractivity contribution in [2.75, 3.05) is 13.1 Å². The lowest BCUT2D eigenvalue weighted by molar-refractivity contribution is 0.304. The van der Waals surface area contributed by atoms with E-state index in [1.807, 2.05) is 18.2 Å². The summed E-state index contributed by atoms with van der Waals surface area (Å²) in [5.74, 6) is 1.44. The largest absolute Gasteiger partial charge is 0.339 e. The Hall–Kier alpha value is -1.75. The molecular formula is C13H16N4O. The molecule has 0 aromatic carbocycles. The molecule has 18 heavy (non-hydrogen) atoms. The second-order valence-corrected chi connectivity index (χ2v) is 5.00. The molecule has 2 aromatic heterocycles. The zero-order valence-corrected chi connectivity index (χ0v) is 10.4. The molecule has 0 amide bonds. The van der Waals surface area contributed by atoms with Crippen LogP contribution in [0.3, 0.4) is 0 Å². The Morgan fingerprint density at radius 2 is 2.39 bits per heavy atom. The van der Waals surface area contributed by atoms with Crippen molar-refractivity contribution in [3.8, 4) is 0 Å². The Bertz CT molecular complexity index is 517. The Labute approximate surface area is 106 Å². The number of nitrogens with zero attached hydrogens (tertiary/aromatic N) is 3. The van der Waals surface area contributed by atoms with Crippen LogP contribution in [0.15, 0.2) is 28.9 Å². The average molecular weight is 244 g/mol. The van der Waals surface area contributed by atoms with E-state index < -0.39 is 0 Å². The zero-order valence-electron chi connectivity index (χ0n) is 10.4. The fourth-order valence-electron chi connectivity index (χ4n) is 2.24. The third-order valence-corrected chi connectivity index (χ3v) is 3.42. The molecule has 0 spiro atoms. The van der Waals surface area contributed by atoms with Gasteiger partial charge in [0, 0.05) is 18.4 Å². The summed E-state index contributed by atoms with van der Waals surface area (Å²) in [5.41, 5.74) is 0.939. The fraction of sp³-hybridized carbons (Fsp3) is 0.462. The van der Waals surface area contributed by atoms with Gasteiger partial charge in [0.15, 0.2) is 5.82 Å². The molecule has 0 saturated carbocycles. The quantitative estimate of drug-likeness (QED) is 0.881. The summed E-state index contributed by atoms with van der Waals surface area (Å²) in [6.45, 7) is 4.07. The van der Waals surface area contributed by atoms with Crippen LogP contribution in [0, 0.1) is 0 Å². The van der Waals surface area contributed by atoms with Crippen molar-refractivity contribution in [2.45, 2.75) is 25.2 Å². The minimum absolute atomic E-state index is 0.0185. The van der Waals surface area contributed by atoms with E-state index in [0.717, 1.165) is 31.1 Å². The van der Waals surface area contributed by atoms with E-state index in [2.05, 4.69) is 27.4 Å². The first-order valence-electron chi connectivity index (χ1n) is 6.20. The molecule has 94 valence electrons. The standard InChI is InChI=1S/C13H16N4O/c1-13(5-7-14-9-13)12-16-11(17-18-12)8-10-4-2-3-6-15-10/h2-4,6,14H,5,7-9H2,1H3. The smallest absolute Gasteiger partial charge is 0.233 e. The summed E-state index contributed by atoms with van der Waals surface area (Å²) in [5, 5.41) is 7.38. The highest BCUT2D eigenvalue weighted by Crippen LogP contribution is 2.28. The van der Waals surface area contributed by atoms with Gasteiger partial charge in [-0.1, -0.05) is 11.2 Å². The van der Waals surface area contributed by atoms with Gasteiger partial charge in [-0.05, 0) is 32.0 Å². The summed E-state index contributed by atoms with van der Waals surface area (Å²) >= 11 is 0. The molecule has 5 nitrogen and oxygen atoms in total. The van der Waals surface area contributed by atoms with Crippen molar-refractivity contribution < 1.29 is 4.52 Å². The van der Waals surface area contributed by atoms with Crippen LogP contribution >= 0.6 is 0 Å². The maximum Gasteiger partial charge on any atom is 0.233 e. The Morgan fingerprint density at radius 3 is 3.11 bits per heavy atom. The molecule has 2 aromatic rings. The topological polar surface area (TPSA) is 63.8 Å². The Balaban J connectivity index is 1.78. The molecule has 1 atom stereocenters. The van der Waals surface area contributed by atoms with Gasteiger partial charge in [-0.25, -0.2) is 0 Å². The van der Waals surface area contributed by atoms with E-state index in [9.17, 15) is 0 Å². The van der Waals surface area contributed by atoms with E-state index in [0.29, 0.717) is 12.2 Å². The van der Waals surface area contributed by atoms with E-state index >= 15 is 0 Å². The van der Waals surface area contributed by atoms with Gasteiger partial charge in [0.1, 0.15) is 0 Å². The Kier molecular flexibility index (Phi) is 2.83. The predicted octanol–water partition coefficient (Wildman–Crippen LogP) is 1.31. The molecule has 0 aliphatic carbocycles. The lowest BCUT2D eigenvalue weighted by Gasteiger charge is -2.15. The first-order valence-corrected chi connectivity index (χ1v) is 6.20. The lowest BCUT2D eigenvalue weighted by atomic mass is 9.90. The molecule has 1 fully saturated rings. The minimum Gasteiger partial charge on any atom is -0.339 e. The van der Waals surface area contributed by atoms with E-state index in [4.69, 9.17) is 4.52 Å². The molecule has 1 N–H and O–H groups in total. The monoisotopic (exact) mass is 244 g/mol. The van der Waals surface area contributed by atoms with Gasteiger partial charge < -0.3 is 9.84 Å². The van der Waals surface area contributed by atoms with Crippen LogP contribution in [0.5, 0.6) is 0 Å². The molecule has 1 saturated heterocycles. The maximum absolute atomic E-state index is 5.39. The minimum atomic E-state index is -0.0185. The predicted molar refractivity (Wildman–Crippen MR) is 66.2 cm³/mol. The van der Waals surface area contributed by atoms with Crippen LogP contribution in [-0.2, 0) is 11.8 Å². The number of aromatic nitrogens is 3. The van der Waals surface area contributed by atoms with Gasteiger partial charge in [0.25, 0.3) is 0 Å². The van der Waals surface area contributed by atoms with Gasteiger partial charge in [-0.3, -0.25) is 4.98 Å². The van der Waals surface area contributed by atoms with Crippen LogP contribution < -0.4 is 5.32 Å². The highest BCUT2D eigenvalue weighted by atomic mass is 16.5. The third kappa shape index (κ3) is 2.13. The maximum atomic E-state index is 5.39. The molecule has 5 heteroatoms. The van der Waals surface area contributed by atoms with Gasteiger partial charge in [0.05, 0.1) is 11.8 Å². The van der Waals surface area contributed by atoms with Crippen molar-refractivity contribution in [1.29, 1.82) is 0 Å². The second kappa shape index (κ2) is 4.49. The number of pyridine rings is 1. The first-order chi connectivity index (χ1) is 8.76. The van der Waals surface area contributed by atoms with E-state index in [-0.39, 0.29) is 5.41 Å². The second-order valence-electron chi connectivity index (χ2n) is 5.00. The van der Waals surface area contributed by atoms with Gasteiger partial charge in [0.2, 0.25) is 5.89 Å².